The number of hydrogen-bond donors (Lipinski definition) is 0. The summed E-state index contributed by atoms with van der Waals surface area (Å²) in [5, 5.41) is 0. The average Bonchev–Trinajstić information content (AvgIpc) is 1.87. The van der Waals surface area contributed by atoms with Crippen molar-refractivity contribution in [3.05, 3.63) is 0 Å². The van der Waals surface area contributed by atoms with E-state index in [1.54, 1.807) is 0 Å². The average molecular weight is 148 g/mol. The first-order valence-corrected chi connectivity index (χ1v) is 4.66. The van der Waals surface area contributed by atoms with Gasteiger partial charge in [0.2, 0.25) is 0 Å². The second-order valence-electron chi connectivity index (χ2n) is 2.39. The summed E-state index contributed by atoms with van der Waals surface area (Å²) in [6.45, 7) is 4.18. The Morgan fingerprint density at radius 1 is 1.67 bits per heavy atom. The van der Waals surface area contributed by atoms with Crippen molar-refractivity contribution in [2.24, 2.45) is 5.92 Å². The zero-order chi connectivity index (χ0) is 7.28. The van der Waals surface area contributed by atoms with Crippen LogP contribution in [-0.4, -0.2) is 12.5 Å². The molecule has 0 nitrogen and oxygen atoms in total. The van der Waals surface area contributed by atoms with E-state index in [9.17, 15) is 4.32 Å². The molecule has 0 bridgehead atoms. The van der Waals surface area contributed by atoms with Gasteiger partial charge in [0.25, 0.3) is 0 Å². The van der Waals surface area contributed by atoms with Gasteiger partial charge in [-0.2, -0.15) is 11.6 Å². The Bertz CT molecular complexity index is 62.1. The van der Waals surface area contributed by atoms with Gasteiger partial charge in [0.15, 0.2) is 0 Å². The zero-order valence-corrected chi connectivity index (χ0v) is 7.17. The molecule has 0 N–H and O–H groups in total. The van der Waals surface area contributed by atoms with Crippen molar-refractivity contribution < 1.29 is 4.32 Å². The van der Waals surface area contributed by atoms with Gasteiger partial charge in [0, 0.05) is 0 Å². The summed E-state index contributed by atoms with van der Waals surface area (Å²) in [4.78, 5) is 0. The standard InChI is InChI=1S/C6H14BFS/c1-4-6(2)5-7(8)9-3/h6H,4-5H2,1-3H3/t6-/m0/s1. The fraction of sp³-hybridized carbons (Fsp3) is 1.00. The third kappa shape index (κ3) is 4.82. The fourth-order valence-electron chi connectivity index (χ4n) is 0.579. The summed E-state index contributed by atoms with van der Waals surface area (Å²) in [6.07, 6.45) is 2.95. The fourth-order valence-corrected chi connectivity index (χ4v) is 1.10. The van der Waals surface area contributed by atoms with Gasteiger partial charge in [0.05, 0.1) is 0 Å². The van der Waals surface area contributed by atoms with E-state index in [0.717, 1.165) is 6.42 Å². The summed E-state index contributed by atoms with van der Waals surface area (Å²) in [5.74, 6) is 0.535. The molecule has 0 aromatic rings. The predicted octanol–water partition coefficient (Wildman–Crippen LogP) is 2.85. The highest BCUT2D eigenvalue weighted by atomic mass is 32.2. The Balaban J connectivity index is 3.22. The van der Waals surface area contributed by atoms with E-state index in [2.05, 4.69) is 13.8 Å². The molecule has 0 aliphatic rings. The highest BCUT2D eigenvalue weighted by molar-refractivity contribution is 8.24. The van der Waals surface area contributed by atoms with Crippen molar-refractivity contribution >= 4 is 17.9 Å². The minimum atomic E-state index is -0.653. The van der Waals surface area contributed by atoms with Gasteiger partial charge < -0.3 is 4.32 Å². The van der Waals surface area contributed by atoms with Crippen molar-refractivity contribution in [1.82, 2.24) is 0 Å². The molecule has 0 heterocycles. The number of rotatable bonds is 4. The van der Waals surface area contributed by atoms with Gasteiger partial charge in [-0.25, -0.2) is 0 Å². The second-order valence-corrected chi connectivity index (χ2v) is 3.38. The van der Waals surface area contributed by atoms with Gasteiger partial charge in [-0.3, -0.25) is 0 Å². The van der Waals surface area contributed by atoms with Crippen LogP contribution in [0.15, 0.2) is 0 Å². The largest absolute Gasteiger partial charge is 0.412 e. The molecular weight excluding hydrogens is 134 g/mol. The van der Waals surface area contributed by atoms with Crippen LogP contribution < -0.4 is 0 Å². The Hall–Kier alpha value is 0.345. The first-order chi connectivity index (χ1) is 4.20. The van der Waals surface area contributed by atoms with Gasteiger partial charge in [-0.1, -0.05) is 20.3 Å². The van der Waals surface area contributed by atoms with Gasteiger partial charge in [-0.05, 0) is 18.5 Å². The van der Waals surface area contributed by atoms with Crippen LogP contribution in [0.2, 0.25) is 6.32 Å². The minimum absolute atomic E-state index is 0.535. The van der Waals surface area contributed by atoms with E-state index in [1.165, 1.54) is 11.6 Å². The molecule has 0 spiro atoms. The van der Waals surface area contributed by atoms with Crippen LogP contribution in [0.25, 0.3) is 0 Å². The lowest BCUT2D eigenvalue weighted by Gasteiger charge is -2.06. The van der Waals surface area contributed by atoms with Gasteiger partial charge in [0.1, 0.15) is 0 Å². The lowest BCUT2D eigenvalue weighted by molar-refractivity contribution is 0.607. The van der Waals surface area contributed by atoms with E-state index >= 15 is 0 Å². The molecule has 3 heteroatoms. The van der Waals surface area contributed by atoms with Crippen molar-refractivity contribution in [2.75, 3.05) is 6.26 Å². The maximum atomic E-state index is 12.5. The molecule has 0 aliphatic carbocycles. The van der Waals surface area contributed by atoms with Crippen LogP contribution in [0.4, 0.5) is 4.32 Å². The maximum absolute atomic E-state index is 12.5. The van der Waals surface area contributed by atoms with Crippen LogP contribution in [-0.2, 0) is 0 Å². The first-order valence-electron chi connectivity index (χ1n) is 3.37. The zero-order valence-electron chi connectivity index (χ0n) is 6.36. The number of halogens is 1. The predicted molar refractivity (Wildman–Crippen MR) is 44.6 cm³/mol. The molecule has 54 valence electrons. The Morgan fingerprint density at radius 3 is 2.56 bits per heavy atom. The molecule has 0 aromatic heterocycles. The van der Waals surface area contributed by atoms with E-state index in [4.69, 9.17) is 0 Å². The second kappa shape index (κ2) is 5.16. The molecule has 0 unspecified atom stereocenters. The van der Waals surface area contributed by atoms with E-state index in [1.807, 2.05) is 6.26 Å². The van der Waals surface area contributed by atoms with Crippen LogP contribution >= 0.6 is 11.6 Å². The summed E-state index contributed by atoms with van der Waals surface area (Å²) in [5.41, 5.74) is 0. The molecular formula is C6H14BFS. The Morgan fingerprint density at radius 2 is 2.22 bits per heavy atom. The molecule has 0 saturated carbocycles. The molecule has 0 saturated heterocycles. The summed E-state index contributed by atoms with van der Waals surface area (Å²) in [7, 11) is 0. The highest BCUT2D eigenvalue weighted by Crippen LogP contribution is 2.17. The lowest BCUT2D eigenvalue weighted by atomic mass is 9.86. The maximum Gasteiger partial charge on any atom is 0.412 e. The van der Waals surface area contributed by atoms with Gasteiger partial charge in [-0.15, -0.1) is 0 Å². The van der Waals surface area contributed by atoms with Gasteiger partial charge >= 0.3 is 6.27 Å². The molecule has 9 heavy (non-hydrogen) atoms. The van der Waals surface area contributed by atoms with Crippen LogP contribution in [0.5, 0.6) is 0 Å². The first kappa shape index (κ1) is 9.34. The van der Waals surface area contributed by atoms with Crippen molar-refractivity contribution in [3.8, 4) is 0 Å². The van der Waals surface area contributed by atoms with Crippen LogP contribution in [0.3, 0.4) is 0 Å². The molecule has 0 amide bonds. The Kier molecular flexibility index (Phi) is 5.35. The quantitative estimate of drug-likeness (QED) is 0.552. The normalized spacial score (nSPS) is 13.3. The highest BCUT2D eigenvalue weighted by Gasteiger charge is 2.14. The molecule has 0 aliphatic heterocycles. The molecule has 0 fully saturated rings. The van der Waals surface area contributed by atoms with Crippen LogP contribution in [0, 0.1) is 5.92 Å². The minimum Gasteiger partial charge on any atom is -0.320 e. The van der Waals surface area contributed by atoms with E-state index < -0.39 is 6.27 Å². The Labute approximate surface area is 61.6 Å². The van der Waals surface area contributed by atoms with E-state index in [-0.39, 0.29) is 0 Å². The summed E-state index contributed by atoms with van der Waals surface area (Å²) >= 11 is 1.30. The monoisotopic (exact) mass is 148 g/mol. The van der Waals surface area contributed by atoms with Crippen molar-refractivity contribution in [2.45, 2.75) is 26.6 Å². The molecule has 0 rings (SSSR count). The molecule has 1 atom stereocenters. The van der Waals surface area contributed by atoms with Crippen molar-refractivity contribution in [3.63, 3.8) is 0 Å². The van der Waals surface area contributed by atoms with E-state index in [0.29, 0.717) is 12.2 Å². The molecule has 0 aromatic carbocycles. The van der Waals surface area contributed by atoms with Crippen molar-refractivity contribution in [1.29, 1.82) is 0 Å². The molecule has 0 radical (unpaired) electrons. The lowest BCUT2D eigenvalue weighted by Crippen LogP contribution is -2.04. The summed E-state index contributed by atoms with van der Waals surface area (Å²) < 4.78 is 12.5. The SMILES string of the molecule is CC[C@H](C)CB(F)SC. The third-order valence-electron chi connectivity index (χ3n) is 1.54. The number of hydrogen-bond acceptors (Lipinski definition) is 1. The van der Waals surface area contributed by atoms with Crippen LogP contribution in [0.1, 0.15) is 20.3 Å². The third-order valence-corrected chi connectivity index (χ3v) is 2.24. The smallest absolute Gasteiger partial charge is 0.320 e. The summed E-state index contributed by atoms with van der Waals surface area (Å²) in [6, 6.07) is 0. The topological polar surface area (TPSA) is 0 Å².